The Morgan fingerprint density at radius 2 is 1.80 bits per heavy atom. The Labute approximate surface area is 131 Å². The van der Waals surface area contributed by atoms with E-state index < -0.39 is 0 Å². The Morgan fingerprint density at radius 1 is 1.10 bits per heavy atom. The molecule has 0 aromatic heterocycles. The van der Waals surface area contributed by atoms with Gasteiger partial charge in [0.25, 0.3) is 0 Å². The lowest BCUT2D eigenvalue weighted by Crippen LogP contribution is -2.12. The van der Waals surface area contributed by atoms with E-state index >= 15 is 0 Å². The predicted octanol–water partition coefficient (Wildman–Crippen LogP) is 5.70. The number of carbonyl (C=O) groups is 1. The first-order chi connectivity index (χ1) is 9.67. The molecule has 0 radical (unpaired) electrons. The summed E-state index contributed by atoms with van der Waals surface area (Å²) >= 11 is 3.46. The molecular formula is C17H26BrNO. The molecule has 1 N–H and O–H groups in total. The van der Waals surface area contributed by atoms with Gasteiger partial charge in [-0.2, -0.15) is 0 Å². The van der Waals surface area contributed by atoms with E-state index in [1.54, 1.807) is 0 Å². The molecule has 1 rings (SSSR count). The van der Waals surface area contributed by atoms with E-state index in [9.17, 15) is 4.79 Å². The van der Waals surface area contributed by atoms with Crippen LogP contribution in [0.5, 0.6) is 0 Å². The Morgan fingerprint density at radius 3 is 2.50 bits per heavy atom. The minimum atomic E-state index is 0.137. The number of hydrogen-bond acceptors (Lipinski definition) is 1. The fourth-order valence-corrected chi connectivity index (χ4v) is 2.66. The highest BCUT2D eigenvalue weighted by atomic mass is 79.9. The van der Waals surface area contributed by atoms with Crippen molar-refractivity contribution in [3.8, 4) is 0 Å². The molecule has 0 saturated carbocycles. The van der Waals surface area contributed by atoms with Crippen LogP contribution in [0, 0.1) is 0 Å². The normalized spacial score (nSPS) is 10.6. The second kappa shape index (κ2) is 9.98. The lowest BCUT2D eigenvalue weighted by Gasteiger charge is -2.10. The molecule has 0 aliphatic rings. The van der Waals surface area contributed by atoms with E-state index in [-0.39, 0.29) is 5.91 Å². The van der Waals surface area contributed by atoms with Crippen molar-refractivity contribution in [2.24, 2.45) is 0 Å². The van der Waals surface area contributed by atoms with E-state index in [1.807, 2.05) is 12.1 Å². The number of carbonyl (C=O) groups excluding carboxylic acids is 1. The van der Waals surface area contributed by atoms with Crippen LogP contribution < -0.4 is 5.32 Å². The highest BCUT2D eigenvalue weighted by molar-refractivity contribution is 9.10. The van der Waals surface area contributed by atoms with Gasteiger partial charge in [0.05, 0.1) is 0 Å². The summed E-state index contributed by atoms with van der Waals surface area (Å²) in [6, 6.07) is 6.02. The molecule has 0 heterocycles. The molecule has 112 valence electrons. The van der Waals surface area contributed by atoms with Gasteiger partial charge in [-0.15, -0.1) is 0 Å². The van der Waals surface area contributed by atoms with Gasteiger partial charge in [0, 0.05) is 16.6 Å². The summed E-state index contributed by atoms with van der Waals surface area (Å²) in [5.41, 5.74) is 2.13. The maximum Gasteiger partial charge on any atom is 0.224 e. The summed E-state index contributed by atoms with van der Waals surface area (Å²) in [6.07, 6.45) is 8.83. The van der Waals surface area contributed by atoms with Gasteiger partial charge in [-0.3, -0.25) is 4.79 Å². The summed E-state index contributed by atoms with van der Waals surface area (Å²) in [4.78, 5) is 11.9. The zero-order valence-corrected chi connectivity index (χ0v) is 14.3. The van der Waals surface area contributed by atoms with Crippen LogP contribution in [0.3, 0.4) is 0 Å². The van der Waals surface area contributed by atoms with E-state index in [0.29, 0.717) is 6.42 Å². The Bertz CT molecular complexity index is 417. The molecule has 0 atom stereocenters. The van der Waals surface area contributed by atoms with Crippen LogP contribution >= 0.6 is 15.9 Å². The molecule has 0 aliphatic heterocycles. The molecule has 3 heteroatoms. The zero-order chi connectivity index (χ0) is 14.8. The lowest BCUT2D eigenvalue weighted by atomic mass is 10.1. The lowest BCUT2D eigenvalue weighted by molar-refractivity contribution is -0.116. The average Bonchev–Trinajstić information content (AvgIpc) is 2.44. The van der Waals surface area contributed by atoms with Crippen LogP contribution in [0.2, 0.25) is 0 Å². The molecule has 1 aromatic carbocycles. The van der Waals surface area contributed by atoms with Crippen molar-refractivity contribution < 1.29 is 4.79 Å². The van der Waals surface area contributed by atoms with Crippen LogP contribution in [0.15, 0.2) is 22.7 Å². The van der Waals surface area contributed by atoms with Crippen molar-refractivity contribution in [3.05, 3.63) is 28.2 Å². The number of rotatable bonds is 9. The Balaban J connectivity index is 2.32. The van der Waals surface area contributed by atoms with E-state index in [2.05, 4.69) is 41.2 Å². The topological polar surface area (TPSA) is 29.1 Å². The van der Waals surface area contributed by atoms with Crippen LogP contribution in [0.25, 0.3) is 0 Å². The van der Waals surface area contributed by atoms with Gasteiger partial charge in [0.15, 0.2) is 0 Å². The SMILES string of the molecule is CCCCCCCCC(=O)Nc1ccc(Br)cc1CC. The van der Waals surface area contributed by atoms with Gasteiger partial charge in [0.2, 0.25) is 5.91 Å². The maximum absolute atomic E-state index is 11.9. The van der Waals surface area contributed by atoms with Crippen molar-refractivity contribution in [1.29, 1.82) is 0 Å². The number of amides is 1. The average molecular weight is 340 g/mol. The summed E-state index contributed by atoms with van der Waals surface area (Å²) in [7, 11) is 0. The molecular weight excluding hydrogens is 314 g/mol. The van der Waals surface area contributed by atoms with E-state index in [0.717, 1.165) is 29.4 Å². The van der Waals surface area contributed by atoms with Gasteiger partial charge < -0.3 is 5.32 Å². The third-order valence-electron chi connectivity index (χ3n) is 3.48. The summed E-state index contributed by atoms with van der Waals surface area (Å²) in [6.45, 7) is 4.32. The molecule has 0 saturated heterocycles. The smallest absolute Gasteiger partial charge is 0.224 e. The van der Waals surface area contributed by atoms with Crippen LogP contribution in [-0.4, -0.2) is 5.91 Å². The first-order valence-corrected chi connectivity index (χ1v) is 8.55. The van der Waals surface area contributed by atoms with Crippen LogP contribution in [0.1, 0.15) is 64.4 Å². The third kappa shape index (κ3) is 6.56. The number of nitrogens with one attached hydrogen (secondary N) is 1. The Hall–Kier alpha value is -0.830. The number of halogens is 1. The predicted molar refractivity (Wildman–Crippen MR) is 90.1 cm³/mol. The van der Waals surface area contributed by atoms with Gasteiger partial charge >= 0.3 is 0 Å². The number of benzene rings is 1. The fraction of sp³-hybridized carbons (Fsp3) is 0.588. The zero-order valence-electron chi connectivity index (χ0n) is 12.7. The van der Waals surface area contributed by atoms with Crippen LogP contribution in [-0.2, 0) is 11.2 Å². The van der Waals surface area contributed by atoms with Crippen molar-refractivity contribution in [3.63, 3.8) is 0 Å². The maximum atomic E-state index is 11.9. The molecule has 0 fully saturated rings. The number of hydrogen-bond donors (Lipinski definition) is 1. The minimum absolute atomic E-state index is 0.137. The number of aryl methyl sites for hydroxylation is 1. The monoisotopic (exact) mass is 339 g/mol. The first-order valence-electron chi connectivity index (χ1n) is 7.75. The van der Waals surface area contributed by atoms with Crippen LogP contribution in [0.4, 0.5) is 5.69 Å². The molecule has 20 heavy (non-hydrogen) atoms. The standard InChI is InChI=1S/C17H26BrNO/c1-3-5-6-7-8-9-10-17(20)19-16-12-11-15(18)13-14(16)4-2/h11-13H,3-10H2,1-2H3,(H,19,20). The molecule has 2 nitrogen and oxygen atoms in total. The molecule has 1 aromatic rings. The molecule has 0 spiro atoms. The number of anilines is 1. The van der Waals surface area contributed by atoms with Gasteiger partial charge in [0.1, 0.15) is 0 Å². The molecule has 0 bridgehead atoms. The molecule has 0 aliphatic carbocycles. The van der Waals surface area contributed by atoms with Gasteiger partial charge in [-0.25, -0.2) is 0 Å². The number of unbranched alkanes of at least 4 members (excludes halogenated alkanes) is 5. The summed E-state index contributed by atoms with van der Waals surface area (Å²) in [5.74, 6) is 0.137. The highest BCUT2D eigenvalue weighted by Gasteiger charge is 2.06. The largest absolute Gasteiger partial charge is 0.326 e. The van der Waals surface area contributed by atoms with Gasteiger partial charge in [-0.05, 0) is 36.6 Å². The highest BCUT2D eigenvalue weighted by Crippen LogP contribution is 2.22. The Kier molecular flexibility index (Phi) is 8.59. The van der Waals surface area contributed by atoms with Crippen molar-refractivity contribution in [1.82, 2.24) is 0 Å². The van der Waals surface area contributed by atoms with Crippen molar-refractivity contribution in [2.75, 3.05) is 5.32 Å². The summed E-state index contributed by atoms with van der Waals surface area (Å²) in [5, 5.41) is 3.03. The summed E-state index contributed by atoms with van der Waals surface area (Å²) < 4.78 is 1.06. The quantitative estimate of drug-likeness (QED) is 0.574. The third-order valence-corrected chi connectivity index (χ3v) is 3.97. The molecule has 0 unspecified atom stereocenters. The van der Waals surface area contributed by atoms with E-state index in [1.165, 1.54) is 31.2 Å². The van der Waals surface area contributed by atoms with E-state index in [4.69, 9.17) is 0 Å². The second-order valence-electron chi connectivity index (χ2n) is 5.22. The first kappa shape index (κ1) is 17.2. The van der Waals surface area contributed by atoms with Crippen molar-refractivity contribution >= 4 is 27.5 Å². The second-order valence-corrected chi connectivity index (χ2v) is 6.14. The minimum Gasteiger partial charge on any atom is -0.326 e. The fourth-order valence-electron chi connectivity index (χ4n) is 2.26. The van der Waals surface area contributed by atoms with Gasteiger partial charge in [-0.1, -0.05) is 61.9 Å². The molecule has 1 amide bonds. The van der Waals surface area contributed by atoms with Crippen molar-refractivity contribution in [2.45, 2.75) is 65.2 Å².